The Morgan fingerprint density at radius 3 is 2.63 bits per heavy atom. The SMILES string of the molecule is CC(C)C(O)C1[C@@H](OCc2ccccc2)CCN1O. The summed E-state index contributed by atoms with van der Waals surface area (Å²) in [5.41, 5.74) is 1.11. The zero-order valence-electron chi connectivity index (χ0n) is 11.6. The van der Waals surface area contributed by atoms with Crippen molar-refractivity contribution in [2.75, 3.05) is 6.54 Å². The van der Waals surface area contributed by atoms with Crippen LogP contribution in [0.3, 0.4) is 0 Å². The molecule has 1 heterocycles. The Kier molecular flexibility index (Phi) is 4.93. The van der Waals surface area contributed by atoms with Crippen molar-refractivity contribution in [1.29, 1.82) is 0 Å². The Morgan fingerprint density at radius 2 is 2.00 bits per heavy atom. The van der Waals surface area contributed by atoms with Crippen LogP contribution in [0.15, 0.2) is 30.3 Å². The quantitative estimate of drug-likeness (QED) is 0.855. The van der Waals surface area contributed by atoms with Gasteiger partial charge in [0.2, 0.25) is 0 Å². The number of hydrogen-bond donors (Lipinski definition) is 2. The third-order valence-corrected chi connectivity index (χ3v) is 3.71. The van der Waals surface area contributed by atoms with Crippen molar-refractivity contribution in [3.05, 3.63) is 35.9 Å². The average molecular weight is 265 g/mol. The molecule has 0 radical (unpaired) electrons. The maximum atomic E-state index is 10.2. The Morgan fingerprint density at radius 1 is 1.32 bits per heavy atom. The van der Waals surface area contributed by atoms with Crippen LogP contribution >= 0.6 is 0 Å². The second kappa shape index (κ2) is 6.48. The van der Waals surface area contributed by atoms with E-state index in [-0.39, 0.29) is 18.1 Å². The van der Waals surface area contributed by atoms with E-state index in [4.69, 9.17) is 4.74 Å². The van der Waals surface area contributed by atoms with E-state index in [1.807, 2.05) is 44.2 Å². The van der Waals surface area contributed by atoms with Crippen LogP contribution in [0.4, 0.5) is 0 Å². The summed E-state index contributed by atoms with van der Waals surface area (Å²) in [6.07, 6.45) is 0.0495. The van der Waals surface area contributed by atoms with Crippen molar-refractivity contribution in [2.24, 2.45) is 5.92 Å². The lowest BCUT2D eigenvalue weighted by Gasteiger charge is -2.30. The Labute approximate surface area is 114 Å². The van der Waals surface area contributed by atoms with Crippen molar-refractivity contribution in [2.45, 2.75) is 45.1 Å². The van der Waals surface area contributed by atoms with Crippen molar-refractivity contribution in [3.63, 3.8) is 0 Å². The second-order valence-corrected chi connectivity index (χ2v) is 5.51. The molecule has 2 unspecified atom stereocenters. The fourth-order valence-electron chi connectivity index (χ4n) is 2.52. The molecule has 3 atom stereocenters. The van der Waals surface area contributed by atoms with Crippen LogP contribution in [0.5, 0.6) is 0 Å². The standard InChI is InChI=1S/C15H23NO3/c1-11(2)15(17)14-13(8-9-16(14)18)19-10-12-6-4-3-5-7-12/h3-7,11,13-15,17-18H,8-10H2,1-2H3/t13-,14?,15?/m0/s1. The van der Waals surface area contributed by atoms with Gasteiger partial charge >= 0.3 is 0 Å². The molecule has 19 heavy (non-hydrogen) atoms. The molecule has 0 aliphatic carbocycles. The van der Waals surface area contributed by atoms with Crippen LogP contribution in [0.25, 0.3) is 0 Å². The van der Waals surface area contributed by atoms with Crippen LogP contribution in [0, 0.1) is 5.92 Å². The summed E-state index contributed by atoms with van der Waals surface area (Å²) in [5.74, 6) is 0.0978. The Hall–Kier alpha value is -0.940. The molecule has 4 nitrogen and oxygen atoms in total. The van der Waals surface area contributed by atoms with E-state index in [0.29, 0.717) is 13.2 Å². The molecule has 0 amide bonds. The number of hydroxylamine groups is 2. The summed E-state index contributed by atoms with van der Waals surface area (Å²) < 4.78 is 5.88. The number of benzene rings is 1. The first-order chi connectivity index (χ1) is 9.09. The largest absolute Gasteiger partial charge is 0.391 e. The predicted octanol–water partition coefficient (Wildman–Crippen LogP) is 2.05. The highest BCUT2D eigenvalue weighted by Crippen LogP contribution is 2.26. The van der Waals surface area contributed by atoms with Gasteiger partial charge in [-0.2, -0.15) is 5.06 Å². The molecule has 1 fully saturated rings. The lowest BCUT2D eigenvalue weighted by molar-refractivity contribution is -0.162. The minimum absolute atomic E-state index is 0.0978. The molecular formula is C15H23NO3. The number of aliphatic hydroxyl groups is 1. The molecule has 1 aromatic rings. The zero-order chi connectivity index (χ0) is 13.8. The summed E-state index contributed by atoms with van der Waals surface area (Å²) in [4.78, 5) is 0. The molecule has 4 heteroatoms. The molecule has 1 aliphatic rings. The van der Waals surface area contributed by atoms with Gasteiger partial charge in [0.15, 0.2) is 0 Å². The van der Waals surface area contributed by atoms with E-state index in [9.17, 15) is 10.3 Å². The maximum absolute atomic E-state index is 10.2. The summed E-state index contributed by atoms with van der Waals surface area (Å²) in [6, 6.07) is 9.63. The summed E-state index contributed by atoms with van der Waals surface area (Å²) in [6.45, 7) is 4.96. The number of hydrogen-bond acceptors (Lipinski definition) is 4. The Bertz CT molecular complexity index is 382. The first-order valence-electron chi connectivity index (χ1n) is 6.88. The summed E-state index contributed by atoms with van der Waals surface area (Å²) in [5, 5.41) is 21.3. The van der Waals surface area contributed by atoms with Gasteiger partial charge in [0.1, 0.15) is 0 Å². The van der Waals surface area contributed by atoms with Crippen LogP contribution < -0.4 is 0 Å². The highest BCUT2D eigenvalue weighted by Gasteiger charge is 2.40. The van der Waals surface area contributed by atoms with E-state index in [2.05, 4.69) is 0 Å². The van der Waals surface area contributed by atoms with Gasteiger partial charge in [-0.15, -0.1) is 0 Å². The minimum atomic E-state index is -0.576. The van der Waals surface area contributed by atoms with Gasteiger partial charge in [0, 0.05) is 6.54 Å². The number of nitrogens with zero attached hydrogens (tertiary/aromatic N) is 1. The first kappa shape index (κ1) is 14.5. The first-order valence-corrected chi connectivity index (χ1v) is 6.88. The summed E-state index contributed by atoms with van der Waals surface area (Å²) in [7, 11) is 0. The third kappa shape index (κ3) is 3.54. The lowest BCUT2D eigenvalue weighted by Crippen LogP contribution is -2.46. The van der Waals surface area contributed by atoms with Gasteiger partial charge in [0.05, 0.1) is 24.9 Å². The molecule has 0 aromatic heterocycles. The minimum Gasteiger partial charge on any atom is -0.391 e. The van der Waals surface area contributed by atoms with Gasteiger partial charge in [-0.3, -0.25) is 0 Å². The van der Waals surface area contributed by atoms with Crippen molar-refractivity contribution in [1.82, 2.24) is 5.06 Å². The van der Waals surface area contributed by atoms with Gasteiger partial charge in [-0.25, -0.2) is 0 Å². The number of ether oxygens (including phenoxy) is 1. The zero-order valence-corrected chi connectivity index (χ0v) is 11.6. The molecule has 1 aromatic carbocycles. The molecule has 1 aliphatic heterocycles. The highest BCUT2D eigenvalue weighted by molar-refractivity contribution is 5.13. The monoisotopic (exact) mass is 265 g/mol. The molecule has 0 saturated carbocycles. The van der Waals surface area contributed by atoms with E-state index < -0.39 is 6.10 Å². The van der Waals surface area contributed by atoms with Gasteiger partial charge < -0.3 is 15.1 Å². The summed E-state index contributed by atoms with van der Waals surface area (Å²) >= 11 is 0. The third-order valence-electron chi connectivity index (χ3n) is 3.71. The molecule has 2 rings (SSSR count). The van der Waals surface area contributed by atoms with E-state index in [1.165, 1.54) is 5.06 Å². The second-order valence-electron chi connectivity index (χ2n) is 5.51. The lowest BCUT2D eigenvalue weighted by atomic mass is 9.96. The molecule has 1 saturated heterocycles. The van der Waals surface area contributed by atoms with Gasteiger partial charge in [-0.1, -0.05) is 44.2 Å². The van der Waals surface area contributed by atoms with E-state index >= 15 is 0 Å². The smallest absolute Gasteiger partial charge is 0.0874 e. The predicted molar refractivity (Wildman–Crippen MR) is 72.8 cm³/mol. The van der Waals surface area contributed by atoms with Crippen LogP contribution in [0.2, 0.25) is 0 Å². The fourth-order valence-corrected chi connectivity index (χ4v) is 2.52. The average Bonchev–Trinajstić information content (AvgIpc) is 2.77. The van der Waals surface area contributed by atoms with Crippen LogP contribution in [0.1, 0.15) is 25.8 Å². The molecular weight excluding hydrogens is 242 g/mol. The van der Waals surface area contributed by atoms with Crippen molar-refractivity contribution < 1.29 is 15.1 Å². The topological polar surface area (TPSA) is 52.9 Å². The van der Waals surface area contributed by atoms with Gasteiger partial charge in [0.25, 0.3) is 0 Å². The van der Waals surface area contributed by atoms with Crippen LogP contribution in [-0.2, 0) is 11.3 Å². The number of rotatable bonds is 5. The van der Waals surface area contributed by atoms with Gasteiger partial charge in [-0.05, 0) is 17.9 Å². The maximum Gasteiger partial charge on any atom is 0.0874 e. The molecule has 0 bridgehead atoms. The molecule has 106 valence electrons. The van der Waals surface area contributed by atoms with Crippen molar-refractivity contribution >= 4 is 0 Å². The van der Waals surface area contributed by atoms with Crippen molar-refractivity contribution in [3.8, 4) is 0 Å². The molecule has 2 N–H and O–H groups in total. The fraction of sp³-hybridized carbons (Fsp3) is 0.600. The van der Waals surface area contributed by atoms with Crippen LogP contribution in [-0.4, -0.2) is 40.2 Å². The Balaban J connectivity index is 1.95. The molecule has 0 spiro atoms. The normalized spacial score (nSPS) is 25.9. The number of aliphatic hydroxyl groups excluding tert-OH is 1. The van der Waals surface area contributed by atoms with E-state index in [1.54, 1.807) is 0 Å². The van der Waals surface area contributed by atoms with E-state index in [0.717, 1.165) is 12.0 Å². The highest BCUT2D eigenvalue weighted by atomic mass is 16.5.